The number of methoxy groups -OCH3 is 4. The number of aldehydes is 1. The summed E-state index contributed by atoms with van der Waals surface area (Å²) < 4.78 is 32.2. The maximum absolute atomic E-state index is 11.8. The van der Waals surface area contributed by atoms with Gasteiger partial charge in [0, 0.05) is 19.8 Å². The number of carbonyl (C=O) groups is 1. The van der Waals surface area contributed by atoms with Gasteiger partial charge in [0.25, 0.3) is 0 Å². The molecule has 0 saturated carbocycles. The van der Waals surface area contributed by atoms with Crippen LogP contribution in [0.5, 0.6) is 23.0 Å². The average molecular weight is 362 g/mol. The van der Waals surface area contributed by atoms with Crippen molar-refractivity contribution < 1.29 is 33.2 Å². The molecule has 140 valence electrons. The van der Waals surface area contributed by atoms with Crippen LogP contribution in [-0.2, 0) is 9.47 Å². The monoisotopic (exact) mass is 362 g/mol. The minimum absolute atomic E-state index is 0.0312. The molecule has 0 saturated heterocycles. The fourth-order valence-corrected chi connectivity index (χ4v) is 2.55. The highest BCUT2D eigenvalue weighted by atomic mass is 16.7. The van der Waals surface area contributed by atoms with Crippen molar-refractivity contribution in [2.75, 3.05) is 42.0 Å². The molecule has 0 unspecified atom stereocenters. The zero-order valence-electron chi connectivity index (χ0n) is 15.2. The van der Waals surface area contributed by atoms with Gasteiger partial charge in [0.2, 0.25) is 0 Å². The van der Waals surface area contributed by atoms with E-state index in [1.165, 1.54) is 28.4 Å². The molecule has 0 fully saturated rings. The lowest BCUT2D eigenvalue weighted by Gasteiger charge is -2.20. The predicted octanol–water partition coefficient (Wildman–Crippen LogP) is 3.15. The first kappa shape index (κ1) is 19.6. The van der Waals surface area contributed by atoms with Gasteiger partial charge in [-0.3, -0.25) is 4.79 Å². The maximum atomic E-state index is 11.8. The third-order valence-corrected chi connectivity index (χ3v) is 3.63. The standard InChI is InChI=1S/C19H22O7/c1-21-11-25-16-6-5-7-17(26-12-22-2)19(16)18-13(10-20)14(23-3)8-9-15(18)24-4/h5-10H,11-12H2,1-4H3. The molecule has 0 aliphatic heterocycles. The molecule has 0 aliphatic rings. The van der Waals surface area contributed by atoms with Crippen LogP contribution in [0.25, 0.3) is 11.1 Å². The second-order valence-corrected chi connectivity index (χ2v) is 5.11. The predicted molar refractivity (Wildman–Crippen MR) is 95.4 cm³/mol. The Hall–Kier alpha value is -2.77. The van der Waals surface area contributed by atoms with Gasteiger partial charge in [-0.25, -0.2) is 0 Å². The molecule has 2 aromatic carbocycles. The van der Waals surface area contributed by atoms with Gasteiger partial charge in [-0.05, 0) is 24.3 Å². The zero-order chi connectivity index (χ0) is 18.9. The Kier molecular flexibility index (Phi) is 7.25. The van der Waals surface area contributed by atoms with Crippen molar-refractivity contribution in [1.29, 1.82) is 0 Å². The van der Waals surface area contributed by atoms with Crippen molar-refractivity contribution in [2.24, 2.45) is 0 Å². The van der Waals surface area contributed by atoms with Crippen LogP contribution < -0.4 is 18.9 Å². The van der Waals surface area contributed by atoms with E-state index in [-0.39, 0.29) is 13.6 Å². The van der Waals surface area contributed by atoms with Gasteiger partial charge in [0.1, 0.15) is 23.0 Å². The molecular formula is C19H22O7. The Balaban J connectivity index is 2.77. The molecular weight excluding hydrogens is 340 g/mol. The van der Waals surface area contributed by atoms with Gasteiger partial charge in [0.05, 0.1) is 25.3 Å². The van der Waals surface area contributed by atoms with E-state index in [1.807, 2.05) is 0 Å². The normalized spacial score (nSPS) is 10.3. The Bertz CT molecular complexity index is 717. The van der Waals surface area contributed by atoms with Gasteiger partial charge < -0.3 is 28.4 Å². The third kappa shape index (κ3) is 4.07. The number of hydrogen-bond donors (Lipinski definition) is 0. The molecule has 0 radical (unpaired) electrons. The number of ether oxygens (including phenoxy) is 6. The molecule has 7 nitrogen and oxygen atoms in total. The quantitative estimate of drug-likeness (QED) is 0.475. The van der Waals surface area contributed by atoms with Crippen LogP contribution in [0.15, 0.2) is 30.3 Å². The summed E-state index contributed by atoms with van der Waals surface area (Å²) in [5.74, 6) is 1.82. The molecule has 0 heterocycles. The second-order valence-electron chi connectivity index (χ2n) is 5.11. The number of rotatable bonds is 10. The summed E-state index contributed by atoms with van der Waals surface area (Å²) in [5, 5.41) is 0. The Morgan fingerprint density at radius 2 is 1.27 bits per heavy atom. The summed E-state index contributed by atoms with van der Waals surface area (Å²) in [6, 6.07) is 8.66. The van der Waals surface area contributed by atoms with Crippen molar-refractivity contribution >= 4 is 6.29 Å². The first-order valence-corrected chi connectivity index (χ1v) is 7.78. The van der Waals surface area contributed by atoms with Crippen molar-refractivity contribution in [3.8, 4) is 34.1 Å². The van der Waals surface area contributed by atoms with Crippen molar-refractivity contribution in [3.05, 3.63) is 35.9 Å². The van der Waals surface area contributed by atoms with Gasteiger partial charge in [-0.1, -0.05) is 6.07 Å². The number of carbonyl (C=O) groups excluding carboxylic acids is 1. The molecule has 0 spiro atoms. The van der Waals surface area contributed by atoms with E-state index in [1.54, 1.807) is 30.3 Å². The summed E-state index contributed by atoms with van der Waals surface area (Å²) in [6.07, 6.45) is 0.712. The number of benzene rings is 2. The molecule has 0 bridgehead atoms. The summed E-state index contributed by atoms with van der Waals surface area (Å²) in [4.78, 5) is 11.8. The SMILES string of the molecule is COCOc1cccc(OCOC)c1-c1c(OC)ccc(OC)c1C=O. The molecule has 0 amide bonds. The Morgan fingerprint density at radius 1 is 0.731 bits per heavy atom. The third-order valence-electron chi connectivity index (χ3n) is 3.63. The van der Waals surface area contributed by atoms with E-state index in [4.69, 9.17) is 28.4 Å². The Labute approximate surface area is 152 Å². The van der Waals surface area contributed by atoms with Gasteiger partial charge in [-0.2, -0.15) is 0 Å². The minimum Gasteiger partial charge on any atom is -0.496 e. The van der Waals surface area contributed by atoms with Gasteiger partial charge in [-0.15, -0.1) is 0 Å². The van der Waals surface area contributed by atoms with Crippen molar-refractivity contribution in [3.63, 3.8) is 0 Å². The van der Waals surface area contributed by atoms with Crippen LogP contribution in [-0.4, -0.2) is 48.3 Å². The van der Waals surface area contributed by atoms with Crippen LogP contribution in [0.1, 0.15) is 10.4 Å². The minimum atomic E-state index is 0.0312. The molecule has 0 atom stereocenters. The van der Waals surface area contributed by atoms with E-state index in [2.05, 4.69) is 0 Å². The summed E-state index contributed by atoms with van der Waals surface area (Å²) >= 11 is 0. The molecule has 2 rings (SSSR count). The lowest BCUT2D eigenvalue weighted by atomic mass is 9.96. The molecule has 26 heavy (non-hydrogen) atoms. The molecule has 0 aliphatic carbocycles. The van der Waals surface area contributed by atoms with E-state index < -0.39 is 0 Å². The molecule has 2 aromatic rings. The lowest BCUT2D eigenvalue weighted by molar-refractivity contribution is 0.0468. The first-order chi connectivity index (χ1) is 12.7. The van der Waals surface area contributed by atoms with Crippen LogP contribution in [0, 0.1) is 0 Å². The van der Waals surface area contributed by atoms with Crippen LogP contribution in [0.4, 0.5) is 0 Å². The van der Waals surface area contributed by atoms with Gasteiger partial charge in [0.15, 0.2) is 19.9 Å². The highest BCUT2D eigenvalue weighted by molar-refractivity contribution is 5.97. The zero-order valence-corrected chi connectivity index (χ0v) is 15.2. The van der Waals surface area contributed by atoms with Crippen molar-refractivity contribution in [2.45, 2.75) is 0 Å². The topological polar surface area (TPSA) is 72.5 Å². The van der Waals surface area contributed by atoms with Crippen LogP contribution in [0.2, 0.25) is 0 Å². The molecule has 7 heteroatoms. The van der Waals surface area contributed by atoms with Crippen LogP contribution >= 0.6 is 0 Å². The largest absolute Gasteiger partial charge is 0.496 e. The highest BCUT2D eigenvalue weighted by Gasteiger charge is 2.23. The van der Waals surface area contributed by atoms with E-state index >= 15 is 0 Å². The lowest BCUT2D eigenvalue weighted by Crippen LogP contribution is -2.06. The maximum Gasteiger partial charge on any atom is 0.188 e. The fraction of sp³-hybridized carbons (Fsp3) is 0.316. The average Bonchev–Trinajstić information content (AvgIpc) is 2.69. The second kappa shape index (κ2) is 9.65. The van der Waals surface area contributed by atoms with E-state index in [0.717, 1.165) is 0 Å². The molecule has 0 aromatic heterocycles. The first-order valence-electron chi connectivity index (χ1n) is 7.78. The van der Waals surface area contributed by atoms with Gasteiger partial charge >= 0.3 is 0 Å². The van der Waals surface area contributed by atoms with Crippen LogP contribution in [0.3, 0.4) is 0 Å². The van der Waals surface area contributed by atoms with Crippen molar-refractivity contribution in [1.82, 2.24) is 0 Å². The van der Waals surface area contributed by atoms with E-state index in [9.17, 15) is 4.79 Å². The highest BCUT2D eigenvalue weighted by Crippen LogP contribution is 2.46. The molecule has 0 N–H and O–H groups in total. The van der Waals surface area contributed by atoms with E-state index in [0.29, 0.717) is 46.0 Å². The summed E-state index contributed by atoms with van der Waals surface area (Å²) in [7, 11) is 6.06. The fourth-order valence-electron chi connectivity index (χ4n) is 2.55. The number of hydrogen-bond acceptors (Lipinski definition) is 7. The Morgan fingerprint density at radius 3 is 1.73 bits per heavy atom. The summed E-state index contributed by atoms with van der Waals surface area (Å²) in [5.41, 5.74) is 1.36. The summed E-state index contributed by atoms with van der Waals surface area (Å²) in [6.45, 7) is 0.0624. The smallest absolute Gasteiger partial charge is 0.188 e.